The van der Waals surface area contributed by atoms with Gasteiger partial charge in [0.1, 0.15) is 5.60 Å². The molecule has 2 aromatic rings. The molecule has 29 heavy (non-hydrogen) atoms. The van der Waals surface area contributed by atoms with Crippen LogP contribution in [0.1, 0.15) is 24.3 Å². The second-order valence-corrected chi connectivity index (χ2v) is 7.56. The van der Waals surface area contributed by atoms with Crippen molar-refractivity contribution in [2.75, 3.05) is 41.0 Å². The van der Waals surface area contributed by atoms with Crippen molar-refractivity contribution in [3.05, 3.63) is 40.1 Å². The highest BCUT2D eigenvalue weighted by Gasteiger charge is 2.24. The molecule has 0 aliphatic carbocycles. The lowest BCUT2D eigenvalue weighted by Crippen LogP contribution is -2.39. The van der Waals surface area contributed by atoms with Crippen molar-refractivity contribution in [2.24, 2.45) is 4.99 Å². The Bertz CT molecular complexity index is 791. The van der Waals surface area contributed by atoms with E-state index in [-0.39, 0.29) is 6.54 Å². The lowest BCUT2D eigenvalue weighted by molar-refractivity contribution is 0.0711. The molecule has 8 heteroatoms. The van der Waals surface area contributed by atoms with Crippen LogP contribution in [0.4, 0.5) is 0 Å². The average Bonchev–Trinajstić information content (AvgIpc) is 3.27. The molecular weight excluding hydrogens is 390 g/mol. The predicted octanol–water partition coefficient (Wildman–Crippen LogP) is 2.78. The van der Waals surface area contributed by atoms with Crippen molar-refractivity contribution in [3.63, 3.8) is 0 Å². The number of methoxy groups -OCH3 is 3. The van der Waals surface area contributed by atoms with Crippen LogP contribution in [0, 0.1) is 0 Å². The number of aliphatic imine (C=N–C) groups is 1. The maximum absolute atomic E-state index is 10.7. The summed E-state index contributed by atoms with van der Waals surface area (Å²) in [4.78, 5) is 5.45. The van der Waals surface area contributed by atoms with Crippen molar-refractivity contribution in [1.82, 2.24) is 10.6 Å². The molecule has 0 saturated carbocycles. The van der Waals surface area contributed by atoms with Crippen LogP contribution in [0.25, 0.3) is 0 Å². The Morgan fingerprint density at radius 2 is 1.86 bits per heavy atom. The summed E-state index contributed by atoms with van der Waals surface area (Å²) in [5, 5.41) is 19.1. The monoisotopic (exact) mass is 421 g/mol. The number of nitrogens with one attached hydrogen (secondary N) is 2. The summed E-state index contributed by atoms with van der Waals surface area (Å²) in [7, 11) is 4.81. The zero-order chi connectivity index (χ0) is 21.3. The van der Waals surface area contributed by atoms with Crippen LogP contribution in [0.5, 0.6) is 17.2 Å². The second-order valence-electron chi connectivity index (χ2n) is 6.62. The zero-order valence-electron chi connectivity index (χ0n) is 17.7. The van der Waals surface area contributed by atoms with Crippen molar-refractivity contribution in [1.29, 1.82) is 0 Å². The molecule has 1 atom stereocenters. The van der Waals surface area contributed by atoms with E-state index in [0.29, 0.717) is 36.2 Å². The lowest BCUT2D eigenvalue weighted by atomic mass is 10.1. The van der Waals surface area contributed by atoms with Crippen LogP contribution in [0.2, 0.25) is 0 Å². The number of guanidine groups is 1. The lowest BCUT2D eigenvalue weighted by Gasteiger charge is -2.21. The second kappa shape index (κ2) is 10.9. The number of aliphatic hydroxyl groups is 1. The molecule has 0 fully saturated rings. The first kappa shape index (κ1) is 22.8. The Balaban J connectivity index is 2.04. The molecule has 160 valence electrons. The van der Waals surface area contributed by atoms with E-state index >= 15 is 0 Å². The van der Waals surface area contributed by atoms with E-state index in [9.17, 15) is 5.11 Å². The van der Waals surface area contributed by atoms with Crippen molar-refractivity contribution in [3.8, 4) is 17.2 Å². The van der Waals surface area contributed by atoms with Gasteiger partial charge >= 0.3 is 0 Å². The first-order valence-corrected chi connectivity index (χ1v) is 10.4. The molecule has 1 aromatic heterocycles. The first-order chi connectivity index (χ1) is 14.0. The van der Waals surface area contributed by atoms with Gasteiger partial charge in [0.2, 0.25) is 5.75 Å². The van der Waals surface area contributed by atoms with Gasteiger partial charge in [0.25, 0.3) is 0 Å². The Morgan fingerprint density at radius 3 is 2.45 bits per heavy atom. The average molecular weight is 422 g/mol. The van der Waals surface area contributed by atoms with Gasteiger partial charge in [0.05, 0.1) is 27.9 Å². The smallest absolute Gasteiger partial charge is 0.203 e. The number of nitrogens with zero attached hydrogens (tertiary/aromatic N) is 1. The van der Waals surface area contributed by atoms with E-state index in [1.165, 1.54) is 11.3 Å². The maximum atomic E-state index is 10.7. The fraction of sp³-hybridized carbons (Fsp3) is 0.476. The van der Waals surface area contributed by atoms with Gasteiger partial charge in [-0.1, -0.05) is 12.1 Å². The zero-order valence-corrected chi connectivity index (χ0v) is 18.6. The van der Waals surface area contributed by atoms with Crippen LogP contribution in [0.15, 0.2) is 34.6 Å². The summed E-state index contributed by atoms with van der Waals surface area (Å²) < 4.78 is 16.3. The highest BCUT2D eigenvalue weighted by Crippen LogP contribution is 2.39. The fourth-order valence-electron chi connectivity index (χ4n) is 2.91. The van der Waals surface area contributed by atoms with Gasteiger partial charge in [0.15, 0.2) is 17.5 Å². The standard InChI is InChI=1S/C21H31N3O4S/c1-6-22-20(24-14-21(2,25)17-8-7-13-29-17)23-12-11-15-9-10-16(26-3)19(28-5)18(15)27-4/h7-10,13,25H,6,11-12,14H2,1-5H3,(H2,22,23,24). The molecule has 0 amide bonds. The topological polar surface area (TPSA) is 84.3 Å². The summed E-state index contributed by atoms with van der Waals surface area (Å²) in [6.07, 6.45) is 0.704. The van der Waals surface area contributed by atoms with Gasteiger partial charge in [-0.15, -0.1) is 11.3 Å². The summed E-state index contributed by atoms with van der Waals surface area (Å²) in [6.45, 7) is 5.42. The summed E-state index contributed by atoms with van der Waals surface area (Å²) in [5.41, 5.74) is 0.00221. The number of ether oxygens (including phenoxy) is 3. The Hall–Kier alpha value is -2.45. The fourth-order valence-corrected chi connectivity index (χ4v) is 3.69. The number of rotatable bonds is 10. The molecule has 1 aromatic carbocycles. The Labute approximate surface area is 176 Å². The van der Waals surface area contributed by atoms with Crippen LogP contribution in [-0.2, 0) is 12.0 Å². The summed E-state index contributed by atoms with van der Waals surface area (Å²) in [5.74, 6) is 2.53. The van der Waals surface area contributed by atoms with Gasteiger partial charge in [-0.05, 0) is 37.8 Å². The van der Waals surface area contributed by atoms with Crippen LogP contribution < -0.4 is 24.8 Å². The van der Waals surface area contributed by atoms with Crippen LogP contribution >= 0.6 is 11.3 Å². The van der Waals surface area contributed by atoms with E-state index in [0.717, 1.165) is 17.0 Å². The molecule has 3 N–H and O–H groups in total. The Morgan fingerprint density at radius 1 is 1.10 bits per heavy atom. The minimum atomic E-state index is -0.997. The van der Waals surface area contributed by atoms with Crippen molar-refractivity contribution in [2.45, 2.75) is 25.9 Å². The molecule has 0 aliphatic heterocycles. The molecular formula is C21H31N3O4S. The van der Waals surface area contributed by atoms with Crippen molar-refractivity contribution < 1.29 is 19.3 Å². The minimum absolute atomic E-state index is 0.266. The third-order valence-corrected chi connectivity index (χ3v) is 5.54. The normalized spacial score (nSPS) is 13.5. The van der Waals surface area contributed by atoms with Gasteiger partial charge in [0, 0.05) is 23.5 Å². The molecule has 1 unspecified atom stereocenters. The largest absolute Gasteiger partial charge is 0.493 e. The highest BCUT2D eigenvalue weighted by atomic mass is 32.1. The SMILES string of the molecule is CCNC(=NCC(C)(O)c1cccs1)NCCc1ccc(OC)c(OC)c1OC. The number of hydrogen-bond acceptors (Lipinski definition) is 6. The van der Waals surface area contributed by atoms with Crippen molar-refractivity contribution >= 4 is 17.3 Å². The van der Waals surface area contributed by atoms with E-state index in [1.54, 1.807) is 28.3 Å². The number of benzene rings is 1. The molecule has 0 aliphatic rings. The van der Waals surface area contributed by atoms with Gasteiger partial charge in [-0.25, -0.2) is 4.99 Å². The number of hydrogen-bond donors (Lipinski definition) is 3. The quantitative estimate of drug-likeness (QED) is 0.404. The van der Waals surface area contributed by atoms with Crippen LogP contribution in [-0.4, -0.2) is 52.0 Å². The van der Waals surface area contributed by atoms with Crippen LogP contribution in [0.3, 0.4) is 0 Å². The molecule has 1 heterocycles. The third kappa shape index (κ3) is 6.01. The van der Waals surface area contributed by atoms with Gasteiger partial charge < -0.3 is 30.0 Å². The number of thiophene rings is 1. The van der Waals surface area contributed by atoms with E-state index < -0.39 is 5.60 Å². The van der Waals surface area contributed by atoms with E-state index in [4.69, 9.17) is 14.2 Å². The van der Waals surface area contributed by atoms with Gasteiger partial charge in [-0.2, -0.15) is 0 Å². The van der Waals surface area contributed by atoms with E-state index in [1.807, 2.05) is 36.6 Å². The molecule has 7 nitrogen and oxygen atoms in total. The first-order valence-electron chi connectivity index (χ1n) is 9.53. The summed E-state index contributed by atoms with van der Waals surface area (Å²) in [6, 6.07) is 7.68. The molecule has 0 spiro atoms. The molecule has 0 bridgehead atoms. The minimum Gasteiger partial charge on any atom is -0.493 e. The van der Waals surface area contributed by atoms with E-state index in [2.05, 4.69) is 15.6 Å². The molecule has 0 radical (unpaired) electrons. The predicted molar refractivity (Wildman–Crippen MR) is 118 cm³/mol. The Kier molecular flexibility index (Phi) is 8.60. The highest BCUT2D eigenvalue weighted by molar-refractivity contribution is 7.10. The maximum Gasteiger partial charge on any atom is 0.203 e. The molecule has 0 saturated heterocycles. The van der Waals surface area contributed by atoms with Gasteiger partial charge in [-0.3, -0.25) is 0 Å². The molecule has 2 rings (SSSR count). The summed E-state index contributed by atoms with van der Waals surface area (Å²) >= 11 is 1.52. The third-order valence-electron chi connectivity index (χ3n) is 4.41.